The molecule has 0 fully saturated rings. The standard InChI is InChI=1S/C11H20O2.O.Ti/c1-10(2,3)8(12)7-9(13)11(4,5)6;;/h7H2,1-6H3;;. The Kier molecular flexibility index (Phi) is 7.41. The average Bonchev–Trinajstić information content (AvgIpc) is 2.04. The summed E-state index contributed by atoms with van der Waals surface area (Å²) < 4.78 is 8.25. The van der Waals surface area contributed by atoms with Gasteiger partial charge in [-0.3, -0.25) is 9.59 Å². The normalized spacial score (nSPS) is 11.3. The second kappa shape index (κ2) is 6.44. The first kappa shape index (κ1) is 17.3. The number of Topliss-reactive ketones (excluding diaryl/α,β-unsaturated/α-hetero) is 2. The van der Waals surface area contributed by atoms with Crippen LogP contribution in [0.15, 0.2) is 0 Å². The molecule has 0 aromatic carbocycles. The van der Waals surface area contributed by atoms with Crippen LogP contribution in [0, 0.1) is 10.8 Å². The fourth-order valence-electron chi connectivity index (χ4n) is 0.676. The van der Waals surface area contributed by atoms with Gasteiger partial charge < -0.3 is 0 Å². The van der Waals surface area contributed by atoms with Crippen LogP contribution in [0.1, 0.15) is 48.0 Å². The molecule has 0 aromatic rings. The molecule has 4 heteroatoms. The van der Waals surface area contributed by atoms with Crippen LogP contribution in [-0.2, 0) is 33.3 Å². The summed E-state index contributed by atoms with van der Waals surface area (Å²) >= 11 is 0.750. The number of rotatable bonds is 2. The fraction of sp³-hybridized carbons (Fsp3) is 0.818. The van der Waals surface area contributed by atoms with Gasteiger partial charge in [0.25, 0.3) is 0 Å². The average molecular weight is 248 g/mol. The van der Waals surface area contributed by atoms with Crippen LogP contribution >= 0.6 is 0 Å². The third-order valence-electron chi connectivity index (χ3n) is 1.99. The van der Waals surface area contributed by atoms with E-state index in [4.69, 9.17) is 3.32 Å². The molecule has 0 aliphatic carbocycles. The second-order valence-electron chi connectivity index (χ2n) is 5.52. The topological polar surface area (TPSA) is 51.2 Å². The molecule has 0 aliphatic heterocycles. The molecular weight excluding hydrogens is 228 g/mol. The van der Waals surface area contributed by atoms with E-state index in [0.717, 1.165) is 20.4 Å². The van der Waals surface area contributed by atoms with Crippen molar-refractivity contribution in [1.29, 1.82) is 0 Å². The van der Waals surface area contributed by atoms with Crippen LogP contribution in [0.25, 0.3) is 0 Å². The number of carbonyl (C=O) groups is 2. The van der Waals surface area contributed by atoms with Gasteiger partial charge in [0.2, 0.25) is 0 Å². The van der Waals surface area contributed by atoms with E-state index in [-0.39, 0.29) is 18.0 Å². The van der Waals surface area contributed by atoms with Crippen LogP contribution in [0.2, 0.25) is 0 Å². The van der Waals surface area contributed by atoms with Crippen molar-refractivity contribution in [3.63, 3.8) is 0 Å². The van der Waals surface area contributed by atoms with Gasteiger partial charge in [0.05, 0.1) is 6.42 Å². The van der Waals surface area contributed by atoms with E-state index < -0.39 is 10.8 Å². The van der Waals surface area contributed by atoms with E-state index in [2.05, 4.69) is 0 Å². The first-order valence-corrected chi connectivity index (χ1v) is 5.46. The molecule has 0 amide bonds. The van der Waals surface area contributed by atoms with E-state index in [9.17, 15) is 9.59 Å². The second-order valence-corrected chi connectivity index (χ2v) is 5.52. The van der Waals surface area contributed by atoms with Crippen molar-refractivity contribution in [2.24, 2.45) is 10.8 Å². The summed E-state index contributed by atoms with van der Waals surface area (Å²) in [5.41, 5.74) is -0.804. The first-order chi connectivity index (χ1) is 6.55. The SMILES string of the molecule is CC(C)(C)C(=O)CC(=O)C(C)(C)C.[O]=[Ti]. The van der Waals surface area contributed by atoms with Crippen molar-refractivity contribution >= 4 is 11.6 Å². The molecule has 0 radical (unpaired) electrons. The Bertz CT molecular complexity index is 209. The van der Waals surface area contributed by atoms with Crippen LogP contribution in [-0.4, -0.2) is 11.6 Å². The minimum absolute atomic E-state index is 0.0208. The molecule has 0 aromatic heterocycles. The van der Waals surface area contributed by atoms with Gasteiger partial charge in [-0.15, -0.1) is 0 Å². The van der Waals surface area contributed by atoms with Gasteiger partial charge in [0, 0.05) is 10.8 Å². The summed E-state index contributed by atoms with van der Waals surface area (Å²) in [7, 11) is 0. The van der Waals surface area contributed by atoms with Gasteiger partial charge in [0.15, 0.2) is 0 Å². The number of ketones is 2. The van der Waals surface area contributed by atoms with Crippen molar-refractivity contribution in [1.82, 2.24) is 0 Å². The number of hydrogen-bond acceptors (Lipinski definition) is 3. The van der Waals surface area contributed by atoms with Crippen molar-refractivity contribution in [3.8, 4) is 0 Å². The van der Waals surface area contributed by atoms with Crippen LogP contribution < -0.4 is 0 Å². The van der Waals surface area contributed by atoms with Gasteiger partial charge in [-0.25, -0.2) is 0 Å². The molecular formula is C11H20O3Ti. The first-order valence-electron chi connectivity index (χ1n) is 4.82. The predicted octanol–water partition coefficient (Wildman–Crippen LogP) is 2.49. The quantitative estimate of drug-likeness (QED) is 0.557. The molecule has 0 atom stereocenters. The number of carbonyl (C=O) groups excluding carboxylic acids is 2. The molecule has 0 unspecified atom stereocenters. The van der Waals surface area contributed by atoms with Crippen LogP contribution in [0.3, 0.4) is 0 Å². The maximum atomic E-state index is 11.5. The van der Waals surface area contributed by atoms with E-state index in [1.807, 2.05) is 41.5 Å². The summed E-state index contributed by atoms with van der Waals surface area (Å²) in [4.78, 5) is 23.0. The van der Waals surface area contributed by atoms with E-state index >= 15 is 0 Å². The molecule has 0 rings (SSSR count). The van der Waals surface area contributed by atoms with Gasteiger partial charge in [-0.2, -0.15) is 0 Å². The third-order valence-corrected chi connectivity index (χ3v) is 1.99. The molecule has 86 valence electrons. The molecule has 0 N–H and O–H groups in total. The summed E-state index contributed by atoms with van der Waals surface area (Å²) in [6.07, 6.45) is 0.0625. The Morgan fingerprint density at radius 3 is 1.13 bits per heavy atom. The van der Waals surface area contributed by atoms with Crippen molar-refractivity contribution < 1.29 is 33.3 Å². The Morgan fingerprint density at radius 1 is 0.800 bits per heavy atom. The zero-order chi connectivity index (χ0) is 12.9. The van der Waals surface area contributed by atoms with Gasteiger partial charge in [0.1, 0.15) is 11.6 Å². The third kappa shape index (κ3) is 7.75. The zero-order valence-corrected chi connectivity index (χ0v) is 12.0. The summed E-state index contributed by atoms with van der Waals surface area (Å²) in [6, 6.07) is 0. The molecule has 15 heavy (non-hydrogen) atoms. The monoisotopic (exact) mass is 248 g/mol. The maximum absolute atomic E-state index is 11.5. The Morgan fingerprint density at radius 2 is 1.00 bits per heavy atom. The molecule has 0 heterocycles. The molecule has 0 bridgehead atoms. The number of hydrogen-bond donors (Lipinski definition) is 0. The van der Waals surface area contributed by atoms with Crippen LogP contribution in [0.4, 0.5) is 0 Å². The molecule has 0 spiro atoms. The Labute approximate surface area is 104 Å². The van der Waals surface area contributed by atoms with E-state index in [0.29, 0.717) is 0 Å². The summed E-state index contributed by atoms with van der Waals surface area (Å²) in [5.74, 6) is 0.0415. The van der Waals surface area contributed by atoms with Crippen molar-refractivity contribution in [2.75, 3.05) is 0 Å². The molecule has 0 saturated carbocycles. The van der Waals surface area contributed by atoms with Gasteiger partial charge in [-0.05, 0) is 0 Å². The molecule has 3 nitrogen and oxygen atoms in total. The zero-order valence-electron chi connectivity index (χ0n) is 10.4. The summed E-state index contributed by atoms with van der Waals surface area (Å²) in [5, 5.41) is 0. The Hall–Kier alpha value is -0.146. The summed E-state index contributed by atoms with van der Waals surface area (Å²) in [6.45, 7) is 11.0. The molecule has 0 saturated heterocycles. The molecule has 0 aliphatic rings. The predicted molar refractivity (Wildman–Crippen MR) is 54.2 cm³/mol. The minimum atomic E-state index is -0.402. The van der Waals surface area contributed by atoms with E-state index in [1.54, 1.807) is 0 Å². The van der Waals surface area contributed by atoms with E-state index in [1.165, 1.54) is 0 Å². The van der Waals surface area contributed by atoms with Crippen molar-refractivity contribution in [2.45, 2.75) is 48.0 Å². The van der Waals surface area contributed by atoms with Gasteiger partial charge >= 0.3 is 23.7 Å². The van der Waals surface area contributed by atoms with Crippen LogP contribution in [0.5, 0.6) is 0 Å². The Balaban J connectivity index is 0. The fourth-order valence-corrected chi connectivity index (χ4v) is 0.676. The van der Waals surface area contributed by atoms with Crippen molar-refractivity contribution in [3.05, 3.63) is 0 Å². The van der Waals surface area contributed by atoms with Gasteiger partial charge in [-0.1, -0.05) is 41.5 Å².